The fourth-order valence-corrected chi connectivity index (χ4v) is 7.85. The van der Waals surface area contributed by atoms with Crippen molar-refractivity contribution in [3.05, 3.63) is 211 Å². The third-order valence-corrected chi connectivity index (χ3v) is 10.4. The van der Waals surface area contributed by atoms with Crippen LogP contribution in [0.25, 0.3) is 66.9 Å². The van der Waals surface area contributed by atoms with E-state index in [1.54, 1.807) is 0 Å². The summed E-state index contributed by atoms with van der Waals surface area (Å²) in [5.41, 5.74) is 14.5. The van der Waals surface area contributed by atoms with Crippen LogP contribution < -0.4 is 0 Å². The number of aromatic nitrogens is 2. The van der Waals surface area contributed by atoms with E-state index in [0.29, 0.717) is 0 Å². The average Bonchev–Trinajstić information content (AvgIpc) is 3.81. The molecular formula is C49H34N2O. The quantitative estimate of drug-likeness (QED) is 0.177. The van der Waals surface area contributed by atoms with Gasteiger partial charge < -0.3 is 4.42 Å². The van der Waals surface area contributed by atoms with Crippen LogP contribution in [-0.2, 0) is 6.42 Å². The molecule has 0 fully saturated rings. The number of furan rings is 1. The Morgan fingerprint density at radius 1 is 0.538 bits per heavy atom. The van der Waals surface area contributed by atoms with Gasteiger partial charge in [0.25, 0.3) is 0 Å². The number of nitrogens with zero attached hydrogens (tertiary/aromatic N) is 2. The molecule has 0 saturated carbocycles. The molecule has 3 heteroatoms. The van der Waals surface area contributed by atoms with E-state index >= 15 is 0 Å². The first-order valence-corrected chi connectivity index (χ1v) is 17.9. The Hall–Kier alpha value is -6.71. The Morgan fingerprint density at radius 3 is 1.88 bits per heavy atom. The van der Waals surface area contributed by atoms with Gasteiger partial charge in [-0.25, -0.2) is 4.98 Å². The Bertz CT molecular complexity index is 2720. The average molecular weight is 667 g/mol. The van der Waals surface area contributed by atoms with E-state index < -0.39 is 0 Å². The van der Waals surface area contributed by atoms with Crippen LogP contribution >= 0.6 is 0 Å². The molecule has 0 amide bonds. The minimum atomic E-state index is 0.233. The number of para-hydroxylation sites is 3. The zero-order valence-electron chi connectivity index (χ0n) is 28.5. The molecule has 0 spiro atoms. The number of imidazole rings is 1. The molecule has 2 heterocycles. The Morgan fingerprint density at radius 2 is 1.15 bits per heavy atom. The predicted octanol–water partition coefficient (Wildman–Crippen LogP) is 12.5. The standard InChI is InChI=1S/C49H34N2O/c1-5-15-33(16-6-1)38-29-41(35-19-9-3-10-20-35)47-43(31-38)44-32-39(34-17-7-2-8-18-34)30-42(48(44)52-47)36-25-27-37(28-26-36)49-50-45-23-13-14-24-46(45)51(49)40-21-11-4-12-22-40/h1-30,32,38H,31H2. The molecular weight excluding hydrogens is 633 g/mol. The SMILES string of the molecule is C1=C(c2ccccc2)c2oc3c(-c4ccc(-c5nc6ccccc6n5-c5ccccc5)cc4)cc(-c4ccccc4)cc3c2CC1c1ccccc1. The molecule has 9 aromatic rings. The minimum Gasteiger partial charge on any atom is -0.455 e. The fourth-order valence-electron chi connectivity index (χ4n) is 7.85. The van der Waals surface area contributed by atoms with Gasteiger partial charge in [0.1, 0.15) is 17.2 Å². The molecule has 1 aliphatic rings. The predicted molar refractivity (Wildman–Crippen MR) is 214 cm³/mol. The van der Waals surface area contributed by atoms with Crippen molar-refractivity contribution in [2.24, 2.45) is 0 Å². The van der Waals surface area contributed by atoms with Crippen molar-refractivity contribution in [2.75, 3.05) is 0 Å². The summed E-state index contributed by atoms with van der Waals surface area (Å²) in [5, 5.41) is 1.17. The van der Waals surface area contributed by atoms with E-state index in [1.807, 2.05) is 12.1 Å². The maximum absolute atomic E-state index is 7.07. The van der Waals surface area contributed by atoms with Gasteiger partial charge >= 0.3 is 0 Å². The number of rotatable bonds is 6. The molecule has 1 atom stereocenters. The molecule has 246 valence electrons. The van der Waals surface area contributed by atoms with Gasteiger partial charge in [0.15, 0.2) is 0 Å². The van der Waals surface area contributed by atoms with Crippen LogP contribution in [0.2, 0.25) is 0 Å². The normalized spacial score (nSPS) is 14.0. The lowest BCUT2D eigenvalue weighted by atomic mass is 9.81. The third kappa shape index (κ3) is 5.18. The van der Waals surface area contributed by atoms with Gasteiger partial charge in [-0.2, -0.15) is 0 Å². The smallest absolute Gasteiger partial charge is 0.145 e. The van der Waals surface area contributed by atoms with E-state index in [0.717, 1.165) is 62.6 Å². The van der Waals surface area contributed by atoms with Crippen molar-refractivity contribution in [1.82, 2.24) is 9.55 Å². The summed E-state index contributed by atoms with van der Waals surface area (Å²) < 4.78 is 9.31. The molecule has 1 unspecified atom stereocenters. The van der Waals surface area contributed by atoms with Gasteiger partial charge in [0.05, 0.1) is 11.0 Å². The van der Waals surface area contributed by atoms with Crippen molar-refractivity contribution in [2.45, 2.75) is 12.3 Å². The number of benzene rings is 7. The van der Waals surface area contributed by atoms with Crippen LogP contribution in [-0.4, -0.2) is 9.55 Å². The van der Waals surface area contributed by atoms with Crippen LogP contribution in [0, 0.1) is 0 Å². The highest BCUT2D eigenvalue weighted by Crippen LogP contribution is 2.46. The molecule has 0 N–H and O–H groups in total. The molecule has 0 saturated heterocycles. The first-order valence-electron chi connectivity index (χ1n) is 17.9. The second kappa shape index (κ2) is 12.6. The molecule has 3 nitrogen and oxygen atoms in total. The molecule has 0 aliphatic heterocycles. The summed E-state index contributed by atoms with van der Waals surface area (Å²) in [6, 6.07) is 64.5. The molecule has 1 aliphatic carbocycles. The third-order valence-electron chi connectivity index (χ3n) is 10.4. The molecule has 0 bridgehead atoms. The summed E-state index contributed by atoms with van der Waals surface area (Å²) in [6.45, 7) is 0. The Kier molecular flexibility index (Phi) is 7.28. The fraction of sp³-hybridized carbons (Fsp3) is 0.0408. The lowest BCUT2D eigenvalue weighted by Crippen LogP contribution is -2.08. The van der Waals surface area contributed by atoms with Crippen molar-refractivity contribution >= 4 is 27.6 Å². The van der Waals surface area contributed by atoms with Crippen LogP contribution in [0.3, 0.4) is 0 Å². The monoisotopic (exact) mass is 666 g/mol. The van der Waals surface area contributed by atoms with Crippen LogP contribution in [0.5, 0.6) is 0 Å². The Labute approximate surface area is 302 Å². The highest BCUT2D eigenvalue weighted by atomic mass is 16.3. The van der Waals surface area contributed by atoms with E-state index in [9.17, 15) is 0 Å². The van der Waals surface area contributed by atoms with Gasteiger partial charge in [-0.05, 0) is 70.6 Å². The summed E-state index contributed by atoms with van der Waals surface area (Å²) in [4.78, 5) is 5.12. The lowest BCUT2D eigenvalue weighted by molar-refractivity contribution is 0.588. The zero-order chi connectivity index (χ0) is 34.4. The summed E-state index contributed by atoms with van der Waals surface area (Å²) in [7, 11) is 0. The van der Waals surface area contributed by atoms with Crippen LogP contribution in [0.1, 0.15) is 28.4 Å². The van der Waals surface area contributed by atoms with Gasteiger partial charge in [-0.1, -0.05) is 152 Å². The van der Waals surface area contributed by atoms with Crippen molar-refractivity contribution < 1.29 is 4.42 Å². The number of hydrogen-bond donors (Lipinski definition) is 0. The van der Waals surface area contributed by atoms with E-state index in [-0.39, 0.29) is 5.92 Å². The van der Waals surface area contributed by atoms with Gasteiger partial charge in [0, 0.05) is 39.3 Å². The van der Waals surface area contributed by atoms with Crippen molar-refractivity contribution in [3.8, 4) is 39.3 Å². The summed E-state index contributed by atoms with van der Waals surface area (Å²) >= 11 is 0. The van der Waals surface area contributed by atoms with Gasteiger partial charge in [-0.15, -0.1) is 0 Å². The first kappa shape index (κ1) is 30.1. The van der Waals surface area contributed by atoms with Gasteiger partial charge in [-0.3, -0.25) is 4.57 Å². The maximum atomic E-state index is 7.07. The van der Waals surface area contributed by atoms with Gasteiger partial charge in [0.2, 0.25) is 0 Å². The summed E-state index contributed by atoms with van der Waals surface area (Å²) in [6.07, 6.45) is 3.27. The van der Waals surface area contributed by atoms with Crippen LogP contribution in [0.15, 0.2) is 192 Å². The van der Waals surface area contributed by atoms with Crippen LogP contribution in [0.4, 0.5) is 0 Å². The second-order valence-electron chi connectivity index (χ2n) is 13.5. The molecule has 10 rings (SSSR count). The molecule has 2 aromatic heterocycles. The number of hydrogen-bond acceptors (Lipinski definition) is 2. The highest BCUT2D eigenvalue weighted by Gasteiger charge is 2.29. The number of allylic oxidation sites excluding steroid dienone is 1. The molecule has 7 aromatic carbocycles. The van der Waals surface area contributed by atoms with E-state index in [4.69, 9.17) is 9.40 Å². The largest absolute Gasteiger partial charge is 0.455 e. The lowest BCUT2D eigenvalue weighted by Gasteiger charge is -2.22. The molecule has 0 radical (unpaired) electrons. The van der Waals surface area contributed by atoms with Crippen molar-refractivity contribution in [1.29, 1.82) is 0 Å². The number of fused-ring (bicyclic) bond motifs is 4. The summed E-state index contributed by atoms with van der Waals surface area (Å²) in [5.74, 6) is 2.12. The highest BCUT2D eigenvalue weighted by molar-refractivity contribution is 6.02. The minimum absolute atomic E-state index is 0.233. The van der Waals surface area contributed by atoms with Crippen molar-refractivity contribution in [3.63, 3.8) is 0 Å². The topological polar surface area (TPSA) is 31.0 Å². The maximum Gasteiger partial charge on any atom is 0.145 e. The second-order valence-corrected chi connectivity index (χ2v) is 13.5. The zero-order valence-corrected chi connectivity index (χ0v) is 28.5. The molecule has 52 heavy (non-hydrogen) atoms. The Balaban J connectivity index is 1.16. The van der Waals surface area contributed by atoms with E-state index in [2.05, 4.69) is 181 Å². The van der Waals surface area contributed by atoms with E-state index in [1.165, 1.54) is 33.2 Å². The first-order chi connectivity index (χ1) is 25.8.